The second-order valence-corrected chi connectivity index (χ2v) is 4.82. The fraction of sp³-hybridized carbons (Fsp3) is 0.833. The fourth-order valence-corrected chi connectivity index (χ4v) is 2.95. The van der Waals surface area contributed by atoms with E-state index in [2.05, 4.69) is 12.2 Å². The van der Waals surface area contributed by atoms with Gasteiger partial charge in [-0.1, -0.05) is 26.2 Å². The molecule has 0 aromatic heterocycles. The van der Waals surface area contributed by atoms with Crippen molar-refractivity contribution in [2.45, 2.75) is 45.1 Å². The van der Waals surface area contributed by atoms with Gasteiger partial charge in [-0.05, 0) is 18.8 Å². The number of hydrogen-bond acceptors (Lipinski definition) is 2. The molecular formula is C12H20N2O2. The summed E-state index contributed by atoms with van der Waals surface area (Å²) in [4.78, 5) is 25.0. The van der Waals surface area contributed by atoms with Crippen LogP contribution in [0.4, 0.5) is 0 Å². The van der Waals surface area contributed by atoms with E-state index in [0.717, 1.165) is 12.8 Å². The van der Waals surface area contributed by atoms with Gasteiger partial charge in [0.05, 0.1) is 13.1 Å². The summed E-state index contributed by atoms with van der Waals surface area (Å²) in [6.45, 7) is 2.63. The van der Waals surface area contributed by atoms with Crippen LogP contribution in [0.25, 0.3) is 0 Å². The molecule has 1 aliphatic carbocycles. The molecule has 2 aliphatic rings. The lowest BCUT2D eigenvalue weighted by Crippen LogP contribution is -2.57. The lowest BCUT2D eigenvalue weighted by atomic mass is 9.81. The van der Waals surface area contributed by atoms with Crippen LogP contribution in [-0.2, 0) is 9.59 Å². The topological polar surface area (TPSA) is 49.4 Å². The first-order chi connectivity index (χ1) is 7.72. The summed E-state index contributed by atoms with van der Waals surface area (Å²) in [5.41, 5.74) is 0. The minimum atomic E-state index is -0.0139. The van der Waals surface area contributed by atoms with Crippen molar-refractivity contribution in [3.63, 3.8) is 0 Å². The maximum atomic E-state index is 11.8. The Morgan fingerprint density at radius 1 is 1.31 bits per heavy atom. The largest absolute Gasteiger partial charge is 0.345 e. The third-order valence-corrected chi connectivity index (χ3v) is 3.86. The van der Waals surface area contributed by atoms with Crippen LogP contribution in [-0.4, -0.2) is 35.8 Å². The van der Waals surface area contributed by atoms with E-state index in [4.69, 9.17) is 0 Å². The van der Waals surface area contributed by atoms with E-state index in [-0.39, 0.29) is 24.9 Å². The molecule has 4 nitrogen and oxygen atoms in total. The highest BCUT2D eigenvalue weighted by atomic mass is 16.2. The second-order valence-electron chi connectivity index (χ2n) is 4.82. The Balaban J connectivity index is 2.08. The van der Waals surface area contributed by atoms with Gasteiger partial charge in [0.15, 0.2) is 0 Å². The minimum Gasteiger partial charge on any atom is -0.345 e. The van der Waals surface area contributed by atoms with Crippen LogP contribution in [0, 0.1) is 5.92 Å². The summed E-state index contributed by atoms with van der Waals surface area (Å²) in [7, 11) is 0. The zero-order valence-electron chi connectivity index (χ0n) is 9.87. The summed E-state index contributed by atoms with van der Waals surface area (Å²) in [5.74, 6) is 0.661. The Kier molecular flexibility index (Phi) is 3.46. The first-order valence-electron chi connectivity index (χ1n) is 6.28. The molecule has 2 unspecified atom stereocenters. The highest BCUT2D eigenvalue weighted by Gasteiger charge is 2.34. The van der Waals surface area contributed by atoms with Crippen molar-refractivity contribution in [1.82, 2.24) is 10.2 Å². The van der Waals surface area contributed by atoms with Gasteiger partial charge in [0.25, 0.3) is 0 Å². The van der Waals surface area contributed by atoms with E-state index < -0.39 is 0 Å². The van der Waals surface area contributed by atoms with Crippen molar-refractivity contribution < 1.29 is 9.59 Å². The van der Waals surface area contributed by atoms with Crippen LogP contribution in [0.15, 0.2) is 0 Å². The smallest absolute Gasteiger partial charge is 0.242 e. The third-order valence-electron chi connectivity index (χ3n) is 3.86. The summed E-state index contributed by atoms with van der Waals surface area (Å²) in [6.07, 6.45) is 5.83. The molecule has 0 spiro atoms. The number of amides is 2. The molecule has 0 bridgehead atoms. The van der Waals surface area contributed by atoms with Gasteiger partial charge >= 0.3 is 0 Å². The average Bonchev–Trinajstić information content (AvgIpc) is 2.32. The van der Waals surface area contributed by atoms with Gasteiger partial charge in [0.2, 0.25) is 11.8 Å². The monoisotopic (exact) mass is 224 g/mol. The summed E-state index contributed by atoms with van der Waals surface area (Å²) in [6, 6.07) is 0.303. The first-order valence-corrected chi connectivity index (χ1v) is 6.28. The predicted octanol–water partition coefficient (Wildman–Crippen LogP) is 0.914. The van der Waals surface area contributed by atoms with Crippen LogP contribution in [0.2, 0.25) is 0 Å². The molecule has 1 saturated carbocycles. The number of carbonyl (C=O) groups is 2. The highest BCUT2D eigenvalue weighted by molar-refractivity contribution is 5.92. The molecule has 0 radical (unpaired) electrons. The van der Waals surface area contributed by atoms with Gasteiger partial charge in [-0.15, -0.1) is 0 Å². The van der Waals surface area contributed by atoms with Crippen molar-refractivity contribution >= 4 is 11.8 Å². The number of rotatable bonds is 2. The van der Waals surface area contributed by atoms with E-state index in [9.17, 15) is 9.59 Å². The molecule has 1 saturated heterocycles. The van der Waals surface area contributed by atoms with E-state index in [1.165, 1.54) is 19.3 Å². The number of nitrogens with zero attached hydrogens (tertiary/aromatic N) is 1. The minimum absolute atomic E-state index is 0.0139. The van der Waals surface area contributed by atoms with E-state index in [1.54, 1.807) is 0 Å². The molecule has 2 amide bonds. The van der Waals surface area contributed by atoms with Gasteiger partial charge in [-0.2, -0.15) is 0 Å². The number of carbonyl (C=O) groups excluding carboxylic acids is 2. The Morgan fingerprint density at radius 2 is 2.06 bits per heavy atom. The van der Waals surface area contributed by atoms with Crippen molar-refractivity contribution in [3.8, 4) is 0 Å². The Bertz CT molecular complexity index is 291. The van der Waals surface area contributed by atoms with Gasteiger partial charge in [0, 0.05) is 6.04 Å². The molecule has 0 aromatic rings. The zero-order chi connectivity index (χ0) is 11.5. The Morgan fingerprint density at radius 3 is 2.81 bits per heavy atom. The van der Waals surface area contributed by atoms with Crippen molar-refractivity contribution in [1.29, 1.82) is 0 Å². The van der Waals surface area contributed by atoms with Gasteiger partial charge < -0.3 is 10.2 Å². The Hall–Kier alpha value is -1.06. The molecule has 1 N–H and O–H groups in total. The molecule has 4 heteroatoms. The van der Waals surface area contributed by atoms with Gasteiger partial charge in [-0.3, -0.25) is 9.59 Å². The molecule has 1 heterocycles. The predicted molar refractivity (Wildman–Crippen MR) is 60.8 cm³/mol. The molecule has 2 fully saturated rings. The van der Waals surface area contributed by atoms with Crippen LogP contribution in [0.5, 0.6) is 0 Å². The molecule has 2 rings (SSSR count). The number of hydrogen-bond donors (Lipinski definition) is 1. The SMILES string of the molecule is CCC1CCCCC1N1CC(=O)NCC1=O. The summed E-state index contributed by atoms with van der Waals surface area (Å²) in [5, 5.41) is 2.60. The van der Waals surface area contributed by atoms with Gasteiger partial charge in [0.1, 0.15) is 0 Å². The maximum Gasteiger partial charge on any atom is 0.242 e. The summed E-state index contributed by atoms with van der Waals surface area (Å²) < 4.78 is 0. The van der Waals surface area contributed by atoms with Crippen molar-refractivity contribution in [3.05, 3.63) is 0 Å². The number of nitrogens with one attached hydrogen (secondary N) is 1. The Labute approximate surface area is 96.4 Å². The molecule has 0 aromatic carbocycles. The third kappa shape index (κ3) is 2.20. The lowest BCUT2D eigenvalue weighted by molar-refractivity contribution is -0.144. The zero-order valence-corrected chi connectivity index (χ0v) is 9.87. The normalized spacial score (nSPS) is 31.4. The lowest BCUT2D eigenvalue weighted by Gasteiger charge is -2.41. The van der Waals surface area contributed by atoms with E-state index in [1.807, 2.05) is 4.90 Å². The van der Waals surface area contributed by atoms with Crippen LogP contribution < -0.4 is 5.32 Å². The fourth-order valence-electron chi connectivity index (χ4n) is 2.95. The van der Waals surface area contributed by atoms with Crippen molar-refractivity contribution in [2.75, 3.05) is 13.1 Å². The van der Waals surface area contributed by atoms with Crippen LogP contribution in [0.1, 0.15) is 39.0 Å². The van der Waals surface area contributed by atoms with E-state index in [0.29, 0.717) is 12.0 Å². The van der Waals surface area contributed by atoms with Gasteiger partial charge in [-0.25, -0.2) is 0 Å². The van der Waals surface area contributed by atoms with Crippen LogP contribution in [0.3, 0.4) is 0 Å². The molecule has 1 aliphatic heterocycles. The average molecular weight is 224 g/mol. The first kappa shape index (κ1) is 11.4. The molecule has 2 atom stereocenters. The molecule has 16 heavy (non-hydrogen) atoms. The summed E-state index contributed by atoms with van der Waals surface area (Å²) >= 11 is 0. The maximum absolute atomic E-state index is 11.8. The number of piperazine rings is 1. The second kappa shape index (κ2) is 4.85. The van der Waals surface area contributed by atoms with Crippen LogP contribution >= 0.6 is 0 Å². The van der Waals surface area contributed by atoms with Crippen molar-refractivity contribution in [2.24, 2.45) is 5.92 Å². The highest BCUT2D eigenvalue weighted by Crippen LogP contribution is 2.31. The van der Waals surface area contributed by atoms with E-state index >= 15 is 0 Å². The molecular weight excluding hydrogens is 204 g/mol. The standard InChI is InChI=1S/C12H20N2O2/c1-2-9-5-3-4-6-10(9)14-8-11(15)13-7-12(14)16/h9-10H,2-8H2,1H3,(H,13,15). The quantitative estimate of drug-likeness (QED) is 0.758. The molecule has 90 valence electrons.